The van der Waals surface area contributed by atoms with Crippen molar-refractivity contribution >= 4 is 11.6 Å². The van der Waals surface area contributed by atoms with Gasteiger partial charge < -0.3 is 5.32 Å². The van der Waals surface area contributed by atoms with Crippen molar-refractivity contribution in [2.75, 3.05) is 5.32 Å². The Morgan fingerprint density at radius 2 is 1.77 bits per heavy atom. The molecule has 0 aliphatic rings. The quantitative estimate of drug-likeness (QED) is 0.692. The summed E-state index contributed by atoms with van der Waals surface area (Å²) in [5.41, 5.74) is -0.164. The fourth-order valence-electron chi connectivity index (χ4n) is 2.43. The number of hydrogen-bond acceptors (Lipinski definition) is 2. The summed E-state index contributed by atoms with van der Waals surface area (Å²) in [7, 11) is 0. The van der Waals surface area contributed by atoms with E-state index in [1.165, 1.54) is 6.07 Å². The molecule has 4 nitrogen and oxygen atoms in total. The first-order valence-electron chi connectivity index (χ1n) is 7.56. The van der Waals surface area contributed by atoms with Crippen molar-refractivity contribution in [3.8, 4) is 5.69 Å². The van der Waals surface area contributed by atoms with Gasteiger partial charge in [-0.25, -0.2) is 9.07 Å². The molecule has 3 aromatic rings. The Bertz CT molecular complexity index is 949. The normalized spacial score (nSPS) is 11.4. The second kappa shape index (κ2) is 6.62. The smallest absolute Gasteiger partial charge is 0.321 e. The van der Waals surface area contributed by atoms with Crippen LogP contribution < -0.4 is 5.32 Å². The Morgan fingerprint density at radius 1 is 1.08 bits per heavy atom. The molecule has 0 aliphatic carbocycles. The number of carbonyl (C=O) groups excluding carboxylic acids is 1. The summed E-state index contributed by atoms with van der Waals surface area (Å²) in [4.78, 5) is 12.3. The molecule has 0 fully saturated rings. The molecular formula is C18H13F4N3O. The molecule has 0 radical (unpaired) electrons. The maximum Gasteiger partial charge on any atom is 0.419 e. The first kappa shape index (κ1) is 17.7. The van der Waals surface area contributed by atoms with Gasteiger partial charge in [0.15, 0.2) is 5.69 Å². The van der Waals surface area contributed by atoms with E-state index in [0.717, 1.165) is 11.8 Å². The first-order valence-corrected chi connectivity index (χ1v) is 7.56. The van der Waals surface area contributed by atoms with E-state index >= 15 is 0 Å². The topological polar surface area (TPSA) is 46.9 Å². The molecule has 0 unspecified atom stereocenters. The van der Waals surface area contributed by atoms with E-state index in [2.05, 4.69) is 10.4 Å². The standard InChI is InChI=1S/C18H13F4N3O/c1-11-9-16(24-25(11)13-5-3-2-4-6-13)17(26)23-12-7-8-15(19)14(10-12)18(20,21)22/h2-10H,1H3,(H,23,26). The van der Waals surface area contributed by atoms with Crippen LogP contribution in [0.2, 0.25) is 0 Å². The number of hydrogen-bond donors (Lipinski definition) is 1. The average molecular weight is 363 g/mol. The van der Waals surface area contributed by atoms with Gasteiger partial charge in [0.1, 0.15) is 5.82 Å². The van der Waals surface area contributed by atoms with Crippen LogP contribution in [0.15, 0.2) is 54.6 Å². The largest absolute Gasteiger partial charge is 0.419 e. The van der Waals surface area contributed by atoms with Gasteiger partial charge in [0, 0.05) is 11.4 Å². The van der Waals surface area contributed by atoms with E-state index < -0.39 is 23.5 Å². The maximum atomic E-state index is 13.3. The van der Waals surface area contributed by atoms with Crippen LogP contribution in [0.1, 0.15) is 21.7 Å². The lowest BCUT2D eigenvalue weighted by Crippen LogP contribution is -2.15. The van der Waals surface area contributed by atoms with Crippen LogP contribution in [-0.4, -0.2) is 15.7 Å². The number of aromatic nitrogens is 2. The molecule has 1 aromatic heterocycles. The van der Waals surface area contributed by atoms with Gasteiger partial charge in [-0.2, -0.15) is 18.3 Å². The van der Waals surface area contributed by atoms with Crippen LogP contribution in [-0.2, 0) is 6.18 Å². The molecule has 1 N–H and O–H groups in total. The van der Waals surface area contributed by atoms with Crippen LogP contribution in [0.4, 0.5) is 23.2 Å². The van der Waals surface area contributed by atoms with Crippen molar-refractivity contribution < 1.29 is 22.4 Å². The molecule has 1 heterocycles. The van der Waals surface area contributed by atoms with Crippen molar-refractivity contribution in [3.05, 3.63) is 77.4 Å². The number of alkyl halides is 3. The Morgan fingerprint density at radius 3 is 2.42 bits per heavy atom. The second-order valence-electron chi connectivity index (χ2n) is 5.56. The van der Waals surface area contributed by atoms with Crippen molar-refractivity contribution in [1.29, 1.82) is 0 Å². The highest BCUT2D eigenvalue weighted by atomic mass is 19.4. The molecule has 0 spiro atoms. The number of aryl methyl sites for hydroxylation is 1. The SMILES string of the molecule is Cc1cc(C(=O)Nc2ccc(F)c(C(F)(F)F)c2)nn1-c1ccccc1. The molecule has 0 atom stereocenters. The van der Waals surface area contributed by atoms with E-state index in [-0.39, 0.29) is 11.4 Å². The third kappa shape index (κ3) is 3.58. The van der Waals surface area contributed by atoms with Crippen LogP contribution >= 0.6 is 0 Å². The van der Waals surface area contributed by atoms with Gasteiger partial charge >= 0.3 is 6.18 Å². The van der Waals surface area contributed by atoms with Gasteiger partial charge in [0.05, 0.1) is 11.3 Å². The van der Waals surface area contributed by atoms with E-state index in [9.17, 15) is 22.4 Å². The highest BCUT2D eigenvalue weighted by Gasteiger charge is 2.34. The molecule has 0 saturated carbocycles. The fourth-order valence-corrected chi connectivity index (χ4v) is 2.43. The second-order valence-corrected chi connectivity index (χ2v) is 5.56. The Kier molecular flexibility index (Phi) is 4.50. The highest BCUT2D eigenvalue weighted by molar-refractivity contribution is 6.03. The molecule has 134 valence electrons. The molecule has 26 heavy (non-hydrogen) atoms. The summed E-state index contributed by atoms with van der Waals surface area (Å²) in [6.45, 7) is 1.75. The molecular weight excluding hydrogens is 350 g/mol. The van der Waals surface area contributed by atoms with E-state index in [4.69, 9.17) is 0 Å². The summed E-state index contributed by atoms with van der Waals surface area (Å²) < 4.78 is 53.2. The summed E-state index contributed by atoms with van der Waals surface area (Å²) in [5, 5.41) is 6.48. The summed E-state index contributed by atoms with van der Waals surface area (Å²) in [6.07, 6.45) is -4.85. The zero-order valence-corrected chi connectivity index (χ0v) is 13.5. The lowest BCUT2D eigenvalue weighted by molar-refractivity contribution is -0.139. The van der Waals surface area contributed by atoms with Gasteiger partial charge in [-0.15, -0.1) is 0 Å². The van der Waals surface area contributed by atoms with Gasteiger partial charge in [-0.3, -0.25) is 4.79 Å². The zero-order chi connectivity index (χ0) is 18.9. The van der Waals surface area contributed by atoms with E-state index in [1.807, 2.05) is 18.2 Å². The third-order valence-corrected chi connectivity index (χ3v) is 3.65. The lowest BCUT2D eigenvalue weighted by atomic mass is 10.1. The summed E-state index contributed by atoms with van der Waals surface area (Å²) in [6, 6.07) is 12.8. The zero-order valence-electron chi connectivity index (χ0n) is 13.5. The number of amides is 1. The molecule has 0 saturated heterocycles. The van der Waals surface area contributed by atoms with Crippen LogP contribution in [0.25, 0.3) is 5.69 Å². The molecule has 1 amide bonds. The number of benzene rings is 2. The highest BCUT2D eigenvalue weighted by Crippen LogP contribution is 2.33. The lowest BCUT2D eigenvalue weighted by Gasteiger charge is -2.10. The van der Waals surface area contributed by atoms with E-state index in [1.54, 1.807) is 23.7 Å². The molecule has 3 rings (SSSR count). The minimum atomic E-state index is -4.85. The van der Waals surface area contributed by atoms with Crippen molar-refractivity contribution in [2.24, 2.45) is 0 Å². The Balaban J connectivity index is 1.86. The minimum Gasteiger partial charge on any atom is -0.321 e. The number of para-hydroxylation sites is 1. The van der Waals surface area contributed by atoms with Gasteiger partial charge in [-0.1, -0.05) is 18.2 Å². The fraction of sp³-hybridized carbons (Fsp3) is 0.111. The monoisotopic (exact) mass is 363 g/mol. The van der Waals surface area contributed by atoms with Gasteiger partial charge in [0.25, 0.3) is 5.91 Å². The summed E-state index contributed by atoms with van der Waals surface area (Å²) >= 11 is 0. The van der Waals surface area contributed by atoms with Gasteiger partial charge in [0.2, 0.25) is 0 Å². The first-order chi connectivity index (χ1) is 12.3. The van der Waals surface area contributed by atoms with E-state index in [0.29, 0.717) is 17.8 Å². The number of anilines is 1. The summed E-state index contributed by atoms with van der Waals surface area (Å²) in [5.74, 6) is -2.10. The van der Waals surface area contributed by atoms with Crippen LogP contribution in [0.3, 0.4) is 0 Å². The Labute approximate surface area is 146 Å². The molecule has 0 bridgehead atoms. The van der Waals surface area contributed by atoms with Crippen molar-refractivity contribution in [2.45, 2.75) is 13.1 Å². The number of nitrogens with one attached hydrogen (secondary N) is 1. The van der Waals surface area contributed by atoms with Crippen LogP contribution in [0, 0.1) is 12.7 Å². The predicted molar refractivity (Wildman–Crippen MR) is 87.7 cm³/mol. The Hall–Kier alpha value is -3.16. The number of halogens is 4. The average Bonchev–Trinajstić information content (AvgIpc) is 2.98. The minimum absolute atomic E-state index is 0.0317. The number of nitrogens with zero attached hydrogens (tertiary/aromatic N) is 2. The molecule has 2 aromatic carbocycles. The van der Waals surface area contributed by atoms with Crippen LogP contribution in [0.5, 0.6) is 0 Å². The maximum absolute atomic E-state index is 13.3. The molecule has 0 aliphatic heterocycles. The third-order valence-electron chi connectivity index (χ3n) is 3.65. The van der Waals surface area contributed by atoms with Gasteiger partial charge in [-0.05, 0) is 43.3 Å². The number of carbonyl (C=O) groups is 1. The predicted octanol–water partition coefficient (Wildman–Crippen LogP) is 4.59. The number of rotatable bonds is 3. The van der Waals surface area contributed by atoms with Crippen molar-refractivity contribution in [3.63, 3.8) is 0 Å². The molecule has 8 heteroatoms. The van der Waals surface area contributed by atoms with Crippen molar-refractivity contribution in [1.82, 2.24) is 9.78 Å².